The zero-order valence-electron chi connectivity index (χ0n) is 22.0. The molecule has 1 amide bonds. The number of ether oxygens (including phenoxy) is 1. The zero-order chi connectivity index (χ0) is 27.4. The minimum Gasteiger partial charge on any atom is -0.406 e. The van der Waals surface area contributed by atoms with Crippen molar-refractivity contribution < 1.29 is 31.8 Å². The second-order valence-electron chi connectivity index (χ2n) is 10.7. The van der Waals surface area contributed by atoms with Crippen LogP contribution in [-0.2, 0) is 9.09 Å². The summed E-state index contributed by atoms with van der Waals surface area (Å²) in [7, 11) is -3.07. The van der Waals surface area contributed by atoms with Gasteiger partial charge in [0.15, 0.2) is 0 Å². The summed E-state index contributed by atoms with van der Waals surface area (Å²) in [5, 5.41) is 2.52. The molecule has 0 aromatic heterocycles. The fourth-order valence-corrected chi connectivity index (χ4v) is 6.86. The second kappa shape index (κ2) is 11.6. The van der Waals surface area contributed by atoms with Crippen molar-refractivity contribution >= 4 is 13.4 Å². The van der Waals surface area contributed by atoms with Crippen molar-refractivity contribution in [1.29, 1.82) is 0 Å². The maximum atomic E-state index is 13.9. The lowest BCUT2D eigenvalue weighted by molar-refractivity contribution is -0.274. The highest BCUT2D eigenvalue weighted by atomic mass is 31.2. The predicted octanol–water partition coefficient (Wildman–Crippen LogP) is 7.11. The number of halogens is 3. The number of hydrogen-bond donors (Lipinski definition) is 1. The highest BCUT2D eigenvalue weighted by Crippen LogP contribution is 2.62. The van der Waals surface area contributed by atoms with E-state index in [0.29, 0.717) is 49.2 Å². The lowest BCUT2D eigenvalue weighted by atomic mass is 10.0. The highest BCUT2D eigenvalue weighted by molar-refractivity contribution is 7.58. The summed E-state index contributed by atoms with van der Waals surface area (Å²) in [6.07, 6.45) is -3.52. The first-order chi connectivity index (χ1) is 17.2. The summed E-state index contributed by atoms with van der Waals surface area (Å²) >= 11 is 0. The topological polar surface area (TPSA) is 67.9 Å². The van der Waals surface area contributed by atoms with Crippen LogP contribution in [0.2, 0.25) is 0 Å². The number of hydrogen-bond acceptors (Lipinski definition) is 4. The van der Waals surface area contributed by atoms with E-state index in [1.54, 1.807) is 30.3 Å². The predicted molar refractivity (Wildman–Crippen MR) is 139 cm³/mol. The average Bonchev–Trinajstić information content (AvgIpc) is 2.81. The van der Waals surface area contributed by atoms with Crippen LogP contribution in [0.1, 0.15) is 57.8 Å². The molecular weight excluding hydrogens is 504 g/mol. The van der Waals surface area contributed by atoms with E-state index in [-0.39, 0.29) is 23.6 Å². The molecule has 0 bridgehead atoms. The third-order valence-corrected chi connectivity index (χ3v) is 9.47. The first-order valence-electron chi connectivity index (χ1n) is 12.5. The Morgan fingerprint density at radius 2 is 1.65 bits per heavy atom. The van der Waals surface area contributed by atoms with E-state index >= 15 is 0 Å². The number of benzene rings is 2. The molecule has 2 aromatic rings. The van der Waals surface area contributed by atoms with E-state index < -0.39 is 19.0 Å². The number of amides is 1. The van der Waals surface area contributed by atoms with Crippen LogP contribution in [0.25, 0.3) is 11.1 Å². The fraction of sp³-hybridized carbons (Fsp3) is 0.519. The van der Waals surface area contributed by atoms with Crippen molar-refractivity contribution in [1.82, 2.24) is 9.99 Å². The Labute approximate surface area is 217 Å². The lowest BCUT2D eigenvalue weighted by Crippen LogP contribution is -2.45. The van der Waals surface area contributed by atoms with Gasteiger partial charge in [0.25, 0.3) is 13.4 Å². The van der Waals surface area contributed by atoms with Crippen LogP contribution in [0.15, 0.2) is 48.5 Å². The van der Waals surface area contributed by atoms with Crippen molar-refractivity contribution in [2.45, 2.75) is 65.0 Å². The Balaban J connectivity index is 1.65. The summed E-state index contributed by atoms with van der Waals surface area (Å²) in [5.74, 6) is -0.322. The van der Waals surface area contributed by atoms with Gasteiger partial charge in [0.1, 0.15) is 5.75 Å². The minimum atomic E-state index is -4.78. The van der Waals surface area contributed by atoms with E-state index in [0.717, 1.165) is 0 Å². The molecule has 1 atom stereocenters. The van der Waals surface area contributed by atoms with Gasteiger partial charge in [0, 0.05) is 24.7 Å². The smallest absolute Gasteiger partial charge is 0.406 e. The van der Waals surface area contributed by atoms with Crippen LogP contribution in [0.4, 0.5) is 13.2 Å². The van der Waals surface area contributed by atoms with Crippen molar-refractivity contribution in [3.05, 3.63) is 54.1 Å². The van der Waals surface area contributed by atoms with Gasteiger partial charge < -0.3 is 14.6 Å². The fourth-order valence-electron chi connectivity index (χ4n) is 4.20. The molecule has 1 saturated heterocycles. The Bertz CT molecular complexity index is 1120. The molecule has 1 aliphatic heterocycles. The van der Waals surface area contributed by atoms with E-state index in [1.807, 2.05) is 39.3 Å². The molecule has 1 heterocycles. The van der Waals surface area contributed by atoms with Gasteiger partial charge in [-0.25, -0.2) is 4.67 Å². The SMILES string of the molecule is CC(C)COP(=O)(N1CCC(NC(=O)c2cccc(-c3cccc(OC(F)(F)F)c3)c2)CC1)C(C)(C)C. The molecule has 1 fully saturated rings. The van der Waals surface area contributed by atoms with E-state index in [4.69, 9.17) is 4.52 Å². The number of carbonyl (C=O) groups excluding carboxylic acids is 1. The summed E-state index contributed by atoms with van der Waals surface area (Å²) in [6, 6.07) is 12.3. The molecule has 1 unspecified atom stereocenters. The molecular formula is C27H36F3N2O4P. The van der Waals surface area contributed by atoms with Gasteiger partial charge in [-0.2, -0.15) is 0 Å². The van der Waals surface area contributed by atoms with Crippen molar-refractivity contribution in [2.75, 3.05) is 19.7 Å². The summed E-state index contributed by atoms with van der Waals surface area (Å²) in [4.78, 5) is 13.0. The molecule has 37 heavy (non-hydrogen) atoms. The van der Waals surface area contributed by atoms with Crippen molar-refractivity contribution in [3.8, 4) is 16.9 Å². The number of rotatable bonds is 8. The Morgan fingerprint density at radius 1 is 1.05 bits per heavy atom. The van der Waals surface area contributed by atoms with Gasteiger partial charge in [0.2, 0.25) is 0 Å². The Morgan fingerprint density at radius 3 is 2.22 bits per heavy atom. The quantitative estimate of drug-likeness (QED) is 0.362. The maximum absolute atomic E-state index is 13.9. The van der Waals surface area contributed by atoms with Gasteiger partial charge in [0.05, 0.1) is 11.8 Å². The Hall–Kier alpha value is -2.35. The van der Waals surface area contributed by atoms with Gasteiger partial charge in [-0.05, 0) is 74.9 Å². The average molecular weight is 541 g/mol. The van der Waals surface area contributed by atoms with Crippen LogP contribution in [0.5, 0.6) is 5.75 Å². The molecule has 0 saturated carbocycles. The number of piperidine rings is 1. The molecule has 0 spiro atoms. The molecule has 1 N–H and O–H groups in total. The van der Waals surface area contributed by atoms with E-state index in [2.05, 4.69) is 10.1 Å². The van der Waals surface area contributed by atoms with Crippen LogP contribution < -0.4 is 10.1 Å². The van der Waals surface area contributed by atoms with Crippen LogP contribution >= 0.6 is 7.52 Å². The lowest BCUT2D eigenvalue weighted by Gasteiger charge is -2.42. The van der Waals surface area contributed by atoms with E-state index in [9.17, 15) is 22.5 Å². The van der Waals surface area contributed by atoms with Crippen molar-refractivity contribution in [3.63, 3.8) is 0 Å². The third kappa shape index (κ3) is 7.82. The van der Waals surface area contributed by atoms with Gasteiger partial charge in [-0.15, -0.1) is 13.2 Å². The first-order valence-corrected chi connectivity index (χ1v) is 14.0. The standard InChI is InChI=1S/C27H36F3N2O4P/c1-19(2)18-35-37(34,26(3,4)5)32-14-12-23(13-15-32)31-25(33)22-10-6-8-20(16-22)21-9-7-11-24(17-21)36-27(28,29)30/h6-11,16-17,19,23H,12-15,18H2,1-5H3,(H,31,33). The number of nitrogens with one attached hydrogen (secondary N) is 1. The second-order valence-corrected chi connectivity index (χ2v) is 13.9. The van der Waals surface area contributed by atoms with Crippen LogP contribution in [0, 0.1) is 5.92 Å². The molecule has 0 aliphatic carbocycles. The maximum Gasteiger partial charge on any atom is 0.573 e. The number of alkyl halides is 3. The summed E-state index contributed by atoms with van der Waals surface area (Å²) in [5.41, 5.74) is 1.51. The first kappa shape index (κ1) is 29.2. The Kier molecular flexibility index (Phi) is 9.14. The third-order valence-electron chi connectivity index (χ3n) is 6.14. The summed E-state index contributed by atoms with van der Waals surface area (Å²) in [6.45, 7) is 11.4. The van der Waals surface area contributed by atoms with Gasteiger partial charge in [-0.1, -0.05) is 38.1 Å². The molecule has 2 aromatic carbocycles. The van der Waals surface area contributed by atoms with Gasteiger partial charge in [-0.3, -0.25) is 9.36 Å². The molecule has 10 heteroatoms. The molecule has 3 rings (SSSR count). The molecule has 1 aliphatic rings. The van der Waals surface area contributed by atoms with E-state index in [1.165, 1.54) is 18.2 Å². The van der Waals surface area contributed by atoms with Crippen LogP contribution in [0.3, 0.4) is 0 Å². The zero-order valence-corrected chi connectivity index (χ0v) is 22.9. The minimum absolute atomic E-state index is 0.0885. The number of carbonyl (C=O) groups is 1. The number of nitrogens with zero attached hydrogens (tertiary/aromatic N) is 1. The largest absolute Gasteiger partial charge is 0.573 e. The van der Waals surface area contributed by atoms with Crippen LogP contribution in [-0.4, -0.2) is 47.8 Å². The monoisotopic (exact) mass is 540 g/mol. The highest BCUT2D eigenvalue weighted by Gasteiger charge is 2.45. The summed E-state index contributed by atoms with van der Waals surface area (Å²) < 4.78 is 63.6. The molecule has 0 radical (unpaired) electrons. The van der Waals surface area contributed by atoms with Crippen molar-refractivity contribution in [2.24, 2.45) is 5.92 Å². The normalized spacial score (nSPS) is 17.4. The van der Waals surface area contributed by atoms with Gasteiger partial charge >= 0.3 is 6.36 Å². The molecule has 6 nitrogen and oxygen atoms in total. The molecule has 204 valence electrons.